The van der Waals surface area contributed by atoms with Gasteiger partial charge in [0.1, 0.15) is 11.8 Å². The molecular weight excluding hydrogens is 260 g/mol. The van der Waals surface area contributed by atoms with Crippen molar-refractivity contribution >= 4 is 5.97 Å². The summed E-state index contributed by atoms with van der Waals surface area (Å²) in [5, 5.41) is 16.6. The number of rotatable bonds is 6. The summed E-state index contributed by atoms with van der Waals surface area (Å²) < 4.78 is 6.89. The van der Waals surface area contributed by atoms with Gasteiger partial charge in [-0.1, -0.05) is 23.4 Å². The number of benzene rings is 1. The van der Waals surface area contributed by atoms with Crippen LogP contribution in [0.4, 0.5) is 0 Å². The first-order chi connectivity index (χ1) is 9.60. The van der Waals surface area contributed by atoms with E-state index >= 15 is 0 Å². The van der Waals surface area contributed by atoms with E-state index < -0.39 is 12.0 Å². The van der Waals surface area contributed by atoms with Crippen LogP contribution in [0.2, 0.25) is 0 Å². The van der Waals surface area contributed by atoms with Crippen LogP contribution in [0.3, 0.4) is 0 Å². The third-order valence-electron chi connectivity index (χ3n) is 2.86. The van der Waals surface area contributed by atoms with Crippen LogP contribution in [0, 0.1) is 0 Å². The Kier molecular flexibility index (Phi) is 4.31. The summed E-state index contributed by atoms with van der Waals surface area (Å²) in [6.45, 7) is 0.499. The maximum atomic E-state index is 10.7. The Hall–Kier alpha value is -2.41. The van der Waals surface area contributed by atoms with Crippen molar-refractivity contribution in [1.82, 2.24) is 15.0 Å². The zero-order chi connectivity index (χ0) is 14.5. The van der Waals surface area contributed by atoms with Crippen molar-refractivity contribution in [2.45, 2.75) is 19.0 Å². The van der Waals surface area contributed by atoms with Crippen molar-refractivity contribution in [1.29, 1.82) is 0 Å². The maximum Gasteiger partial charge on any atom is 0.320 e. The van der Waals surface area contributed by atoms with Gasteiger partial charge >= 0.3 is 5.97 Å². The summed E-state index contributed by atoms with van der Waals surface area (Å²) in [4.78, 5) is 10.7. The van der Waals surface area contributed by atoms with Crippen LogP contribution < -0.4 is 10.5 Å². The van der Waals surface area contributed by atoms with Gasteiger partial charge in [0.05, 0.1) is 19.3 Å². The molecule has 2 aromatic rings. The van der Waals surface area contributed by atoms with Crippen molar-refractivity contribution in [3.05, 3.63) is 41.7 Å². The van der Waals surface area contributed by atoms with E-state index in [2.05, 4.69) is 10.3 Å². The number of ether oxygens (including phenoxy) is 1. The summed E-state index contributed by atoms with van der Waals surface area (Å²) in [7, 11) is 1.61. The fourth-order valence-corrected chi connectivity index (χ4v) is 1.83. The summed E-state index contributed by atoms with van der Waals surface area (Å²) in [5.41, 5.74) is 6.98. The first kappa shape index (κ1) is 14.0. The average molecular weight is 276 g/mol. The number of hydrogen-bond donors (Lipinski definition) is 2. The zero-order valence-corrected chi connectivity index (χ0v) is 11.1. The largest absolute Gasteiger partial charge is 0.496 e. The van der Waals surface area contributed by atoms with E-state index in [9.17, 15) is 4.79 Å². The predicted octanol–water partition coefficient (Wildman–Crippen LogP) is 0.289. The summed E-state index contributed by atoms with van der Waals surface area (Å²) >= 11 is 0. The number of carbonyl (C=O) groups is 1. The lowest BCUT2D eigenvalue weighted by Crippen LogP contribution is -2.32. The molecule has 1 atom stereocenters. The highest BCUT2D eigenvalue weighted by Gasteiger charge is 2.14. The molecule has 3 N–H and O–H groups in total. The zero-order valence-electron chi connectivity index (χ0n) is 11.1. The van der Waals surface area contributed by atoms with Gasteiger partial charge in [0.25, 0.3) is 0 Å². The molecule has 0 amide bonds. The van der Waals surface area contributed by atoms with E-state index in [1.807, 2.05) is 24.3 Å². The highest BCUT2D eigenvalue weighted by molar-refractivity contribution is 5.73. The van der Waals surface area contributed by atoms with E-state index in [0.29, 0.717) is 12.2 Å². The molecule has 0 aliphatic rings. The van der Waals surface area contributed by atoms with Gasteiger partial charge in [0, 0.05) is 18.2 Å². The highest BCUT2D eigenvalue weighted by atomic mass is 16.5. The Bertz CT molecular complexity index is 597. The van der Waals surface area contributed by atoms with Gasteiger partial charge in [0.2, 0.25) is 0 Å². The van der Waals surface area contributed by atoms with E-state index in [-0.39, 0.29) is 6.42 Å². The molecule has 0 radical (unpaired) electrons. The van der Waals surface area contributed by atoms with E-state index in [0.717, 1.165) is 11.3 Å². The van der Waals surface area contributed by atoms with Crippen molar-refractivity contribution in [3.8, 4) is 5.75 Å². The minimum Gasteiger partial charge on any atom is -0.496 e. The fourth-order valence-electron chi connectivity index (χ4n) is 1.83. The van der Waals surface area contributed by atoms with Crippen LogP contribution in [-0.4, -0.2) is 39.2 Å². The Balaban J connectivity index is 2.08. The molecule has 106 valence electrons. The highest BCUT2D eigenvalue weighted by Crippen LogP contribution is 2.18. The minimum absolute atomic E-state index is 0.154. The fraction of sp³-hybridized carbons (Fsp3) is 0.308. The molecule has 0 aliphatic heterocycles. The van der Waals surface area contributed by atoms with Gasteiger partial charge in [-0.25, -0.2) is 4.68 Å². The number of para-hydroxylation sites is 1. The number of aromatic nitrogens is 3. The standard InChI is InChI=1S/C13H16N4O3/c1-20-12-5-3-2-4-9(12)7-17-8-10(15-16-17)6-11(14)13(18)19/h2-5,8,11H,6-7,14H2,1H3,(H,18,19). The molecule has 1 aromatic carbocycles. The molecule has 0 saturated carbocycles. The second-order valence-corrected chi connectivity index (χ2v) is 4.37. The molecule has 7 heteroatoms. The molecule has 0 saturated heterocycles. The Labute approximate surface area is 116 Å². The molecule has 0 bridgehead atoms. The monoisotopic (exact) mass is 276 g/mol. The van der Waals surface area contributed by atoms with E-state index in [4.69, 9.17) is 15.6 Å². The third kappa shape index (κ3) is 3.33. The predicted molar refractivity (Wildman–Crippen MR) is 71.4 cm³/mol. The van der Waals surface area contributed by atoms with Crippen LogP contribution >= 0.6 is 0 Å². The quantitative estimate of drug-likeness (QED) is 0.786. The van der Waals surface area contributed by atoms with Crippen molar-refractivity contribution in [2.75, 3.05) is 7.11 Å². The Morgan fingerprint density at radius 3 is 2.95 bits per heavy atom. The normalized spacial score (nSPS) is 12.1. The molecule has 20 heavy (non-hydrogen) atoms. The van der Waals surface area contributed by atoms with Gasteiger partial charge in [-0.15, -0.1) is 5.10 Å². The van der Waals surface area contributed by atoms with Gasteiger partial charge in [-0.05, 0) is 6.07 Å². The number of methoxy groups -OCH3 is 1. The van der Waals surface area contributed by atoms with Gasteiger partial charge in [0.15, 0.2) is 0 Å². The van der Waals surface area contributed by atoms with Crippen LogP contribution in [0.15, 0.2) is 30.5 Å². The molecule has 0 spiro atoms. The molecule has 1 unspecified atom stereocenters. The molecule has 0 fully saturated rings. The van der Waals surface area contributed by atoms with Gasteiger partial charge < -0.3 is 15.6 Å². The van der Waals surface area contributed by atoms with Crippen LogP contribution in [-0.2, 0) is 17.8 Å². The van der Waals surface area contributed by atoms with Crippen LogP contribution in [0.5, 0.6) is 5.75 Å². The van der Waals surface area contributed by atoms with Crippen LogP contribution in [0.25, 0.3) is 0 Å². The number of carboxylic acids is 1. The van der Waals surface area contributed by atoms with Gasteiger partial charge in [-0.2, -0.15) is 0 Å². The van der Waals surface area contributed by atoms with Crippen LogP contribution in [0.1, 0.15) is 11.3 Å². The second kappa shape index (κ2) is 6.16. The van der Waals surface area contributed by atoms with Crippen molar-refractivity contribution in [2.24, 2.45) is 5.73 Å². The summed E-state index contributed by atoms with van der Waals surface area (Å²) in [6, 6.07) is 6.64. The lowest BCUT2D eigenvalue weighted by Gasteiger charge is -2.07. The first-order valence-corrected chi connectivity index (χ1v) is 6.09. The second-order valence-electron chi connectivity index (χ2n) is 4.37. The van der Waals surface area contributed by atoms with E-state index in [1.54, 1.807) is 18.0 Å². The Morgan fingerprint density at radius 2 is 2.25 bits per heavy atom. The molecular formula is C13H16N4O3. The number of nitrogens with two attached hydrogens (primary N) is 1. The minimum atomic E-state index is -1.05. The molecule has 2 rings (SSSR count). The molecule has 7 nitrogen and oxygen atoms in total. The number of hydrogen-bond acceptors (Lipinski definition) is 5. The SMILES string of the molecule is COc1ccccc1Cn1cc(CC(N)C(=O)O)nn1. The number of nitrogens with zero attached hydrogens (tertiary/aromatic N) is 3. The average Bonchev–Trinajstić information content (AvgIpc) is 2.86. The topological polar surface area (TPSA) is 103 Å². The van der Waals surface area contributed by atoms with Crippen molar-refractivity contribution in [3.63, 3.8) is 0 Å². The lowest BCUT2D eigenvalue weighted by molar-refractivity contribution is -0.138. The third-order valence-corrected chi connectivity index (χ3v) is 2.86. The molecule has 1 aromatic heterocycles. The summed E-state index contributed by atoms with van der Waals surface area (Å²) in [5.74, 6) is -0.281. The smallest absolute Gasteiger partial charge is 0.320 e. The van der Waals surface area contributed by atoms with Gasteiger partial charge in [-0.3, -0.25) is 4.79 Å². The number of carboxylic acid groups (broad SMARTS) is 1. The lowest BCUT2D eigenvalue weighted by atomic mass is 10.2. The Morgan fingerprint density at radius 1 is 1.50 bits per heavy atom. The molecule has 0 aliphatic carbocycles. The summed E-state index contributed by atoms with van der Waals surface area (Å²) in [6.07, 6.45) is 1.84. The maximum absolute atomic E-state index is 10.7. The molecule has 1 heterocycles. The van der Waals surface area contributed by atoms with Crippen molar-refractivity contribution < 1.29 is 14.6 Å². The number of aliphatic carboxylic acids is 1. The first-order valence-electron chi connectivity index (χ1n) is 6.09. The van der Waals surface area contributed by atoms with E-state index in [1.165, 1.54) is 0 Å².